The van der Waals surface area contributed by atoms with E-state index >= 15 is 0 Å². The summed E-state index contributed by atoms with van der Waals surface area (Å²) in [5.41, 5.74) is 0.926. The predicted molar refractivity (Wildman–Crippen MR) is 59.5 cm³/mol. The fourth-order valence-electron chi connectivity index (χ4n) is 1.11. The Bertz CT molecular complexity index is 120. The molecule has 0 rings (SSSR count). The molecule has 12 heavy (non-hydrogen) atoms. The van der Waals surface area contributed by atoms with Gasteiger partial charge in [-0.3, -0.25) is 0 Å². The fraction of sp³-hybridized carbons (Fsp3) is 0.889. The molecule has 0 atom stereocenters. The van der Waals surface area contributed by atoms with Crippen molar-refractivity contribution in [1.82, 2.24) is 0 Å². The third-order valence-electron chi connectivity index (χ3n) is 1.43. The van der Waals surface area contributed by atoms with E-state index in [0.29, 0.717) is 11.8 Å². The third kappa shape index (κ3) is 7.79. The second kappa shape index (κ2) is 7.34. The van der Waals surface area contributed by atoms with Crippen LogP contribution < -0.4 is 0 Å². The standard InChI is InChI=1S/C9H19NO.H4Si/c1-7(2)5-9(10-11)6-8(3)4;/h7-8,11H,5-6H2,1-4H3;1H4. The van der Waals surface area contributed by atoms with E-state index in [2.05, 4.69) is 32.9 Å². The van der Waals surface area contributed by atoms with Crippen LogP contribution in [0.1, 0.15) is 40.5 Å². The van der Waals surface area contributed by atoms with Gasteiger partial charge in [0.15, 0.2) is 0 Å². The van der Waals surface area contributed by atoms with Gasteiger partial charge in [-0.15, -0.1) is 0 Å². The van der Waals surface area contributed by atoms with Crippen LogP contribution in [0.3, 0.4) is 0 Å². The van der Waals surface area contributed by atoms with Crippen LogP contribution in [-0.2, 0) is 0 Å². The number of nitrogens with zero attached hydrogens (tertiary/aromatic N) is 1. The van der Waals surface area contributed by atoms with E-state index in [1.807, 2.05) is 0 Å². The number of rotatable bonds is 4. The molecular formula is C9H23NOSi. The lowest BCUT2D eigenvalue weighted by atomic mass is 9.99. The van der Waals surface area contributed by atoms with Crippen LogP contribution >= 0.6 is 0 Å². The highest BCUT2D eigenvalue weighted by Gasteiger charge is 2.05. The van der Waals surface area contributed by atoms with E-state index in [-0.39, 0.29) is 11.0 Å². The molecule has 74 valence electrons. The smallest absolute Gasteiger partial charge is 0.0575 e. The van der Waals surface area contributed by atoms with Crippen molar-refractivity contribution >= 4 is 16.7 Å². The fourth-order valence-corrected chi connectivity index (χ4v) is 1.11. The van der Waals surface area contributed by atoms with Gasteiger partial charge in [-0.25, -0.2) is 0 Å². The number of hydrogen-bond donors (Lipinski definition) is 1. The molecule has 0 fully saturated rings. The van der Waals surface area contributed by atoms with Crippen LogP contribution in [0.2, 0.25) is 0 Å². The Morgan fingerprint density at radius 2 is 1.42 bits per heavy atom. The molecule has 0 aromatic carbocycles. The summed E-state index contributed by atoms with van der Waals surface area (Å²) >= 11 is 0. The molecule has 3 heteroatoms. The summed E-state index contributed by atoms with van der Waals surface area (Å²) in [6.45, 7) is 8.52. The third-order valence-corrected chi connectivity index (χ3v) is 1.43. The second-order valence-electron chi connectivity index (χ2n) is 3.86. The Labute approximate surface area is 80.1 Å². The Morgan fingerprint density at radius 1 is 1.08 bits per heavy atom. The zero-order valence-electron chi connectivity index (χ0n) is 7.96. The average molecular weight is 189 g/mol. The highest BCUT2D eigenvalue weighted by molar-refractivity contribution is 5.84. The van der Waals surface area contributed by atoms with Crippen LogP contribution in [0, 0.1) is 11.8 Å². The molecule has 0 bridgehead atoms. The van der Waals surface area contributed by atoms with E-state index in [1.165, 1.54) is 0 Å². The Kier molecular flexibility index (Phi) is 8.70. The number of oxime groups is 1. The van der Waals surface area contributed by atoms with Crippen LogP contribution in [0.4, 0.5) is 0 Å². The maximum atomic E-state index is 8.61. The summed E-state index contributed by atoms with van der Waals surface area (Å²) in [5.74, 6) is 1.17. The summed E-state index contributed by atoms with van der Waals surface area (Å²) in [6.07, 6.45) is 1.82. The molecule has 0 aromatic heterocycles. The molecule has 0 radical (unpaired) electrons. The lowest BCUT2D eigenvalue weighted by molar-refractivity contribution is 0.314. The van der Waals surface area contributed by atoms with Gasteiger partial charge in [0.25, 0.3) is 0 Å². The van der Waals surface area contributed by atoms with Gasteiger partial charge in [0.05, 0.1) is 5.71 Å². The van der Waals surface area contributed by atoms with Crippen molar-refractivity contribution in [2.45, 2.75) is 40.5 Å². The molecule has 0 unspecified atom stereocenters. The number of hydrogen-bond acceptors (Lipinski definition) is 2. The van der Waals surface area contributed by atoms with Crippen molar-refractivity contribution < 1.29 is 5.21 Å². The van der Waals surface area contributed by atoms with E-state index < -0.39 is 0 Å². The first-order valence-electron chi connectivity index (χ1n) is 4.26. The van der Waals surface area contributed by atoms with Crippen molar-refractivity contribution in [1.29, 1.82) is 0 Å². The molecule has 0 saturated carbocycles. The van der Waals surface area contributed by atoms with Crippen LogP contribution in [0.5, 0.6) is 0 Å². The van der Waals surface area contributed by atoms with Gasteiger partial charge in [-0.1, -0.05) is 32.9 Å². The summed E-state index contributed by atoms with van der Waals surface area (Å²) in [7, 11) is 0. The van der Waals surface area contributed by atoms with E-state index in [9.17, 15) is 0 Å². The minimum atomic E-state index is 0. The monoisotopic (exact) mass is 189 g/mol. The molecule has 0 spiro atoms. The largest absolute Gasteiger partial charge is 0.411 e. The van der Waals surface area contributed by atoms with Gasteiger partial charge in [0.1, 0.15) is 0 Å². The van der Waals surface area contributed by atoms with Crippen LogP contribution in [0.15, 0.2) is 5.16 Å². The molecule has 0 aliphatic carbocycles. The lowest BCUT2D eigenvalue weighted by Gasteiger charge is -2.08. The SMILES string of the molecule is CC(C)CC(CC(C)C)=NO.[SiH4]. The molecule has 0 amide bonds. The molecule has 1 N–H and O–H groups in total. The summed E-state index contributed by atoms with van der Waals surface area (Å²) < 4.78 is 0. The molecule has 0 saturated heterocycles. The average Bonchev–Trinajstić information content (AvgIpc) is 1.84. The van der Waals surface area contributed by atoms with Crippen molar-refractivity contribution in [2.24, 2.45) is 17.0 Å². The minimum Gasteiger partial charge on any atom is -0.411 e. The van der Waals surface area contributed by atoms with Crippen molar-refractivity contribution in [3.63, 3.8) is 0 Å². The zero-order chi connectivity index (χ0) is 8.85. The van der Waals surface area contributed by atoms with Crippen LogP contribution in [0.25, 0.3) is 0 Å². The van der Waals surface area contributed by atoms with Crippen molar-refractivity contribution in [3.05, 3.63) is 0 Å². The minimum absolute atomic E-state index is 0. The first-order chi connectivity index (χ1) is 5.06. The van der Waals surface area contributed by atoms with Gasteiger partial charge < -0.3 is 5.21 Å². The molecule has 2 nitrogen and oxygen atoms in total. The lowest BCUT2D eigenvalue weighted by Crippen LogP contribution is -2.06. The maximum Gasteiger partial charge on any atom is 0.0575 e. The molecule has 0 aromatic rings. The Hall–Kier alpha value is -0.313. The highest BCUT2D eigenvalue weighted by atomic mass is 28.1. The van der Waals surface area contributed by atoms with E-state index in [4.69, 9.17) is 5.21 Å². The highest BCUT2D eigenvalue weighted by Crippen LogP contribution is 2.09. The molecule has 0 heterocycles. The van der Waals surface area contributed by atoms with Gasteiger partial charge in [0.2, 0.25) is 0 Å². The summed E-state index contributed by atoms with van der Waals surface area (Å²) in [4.78, 5) is 0. The Morgan fingerprint density at radius 3 is 1.58 bits per heavy atom. The van der Waals surface area contributed by atoms with Crippen LogP contribution in [-0.4, -0.2) is 21.9 Å². The van der Waals surface area contributed by atoms with Gasteiger partial charge in [0, 0.05) is 0 Å². The van der Waals surface area contributed by atoms with Gasteiger partial charge in [-0.05, 0) is 35.6 Å². The predicted octanol–water partition coefficient (Wildman–Crippen LogP) is 1.46. The second-order valence-corrected chi connectivity index (χ2v) is 3.86. The topological polar surface area (TPSA) is 32.6 Å². The quantitative estimate of drug-likeness (QED) is 0.309. The Balaban J connectivity index is 0. The van der Waals surface area contributed by atoms with Crippen molar-refractivity contribution in [2.75, 3.05) is 0 Å². The normalized spacial score (nSPS) is 9.83. The molecular weight excluding hydrogens is 166 g/mol. The van der Waals surface area contributed by atoms with Gasteiger partial charge in [-0.2, -0.15) is 0 Å². The zero-order valence-corrected chi connectivity index (χ0v) is 7.96. The molecule has 0 aliphatic rings. The van der Waals surface area contributed by atoms with E-state index in [1.54, 1.807) is 0 Å². The summed E-state index contributed by atoms with van der Waals surface area (Å²) in [6, 6.07) is 0. The first kappa shape index (κ1) is 14.2. The van der Waals surface area contributed by atoms with E-state index in [0.717, 1.165) is 18.6 Å². The van der Waals surface area contributed by atoms with Crippen molar-refractivity contribution in [3.8, 4) is 0 Å². The summed E-state index contributed by atoms with van der Waals surface area (Å²) in [5, 5.41) is 11.9. The maximum absolute atomic E-state index is 8.61. The molecule has 0 aliphatic heterocycles. The van der Waals surface area contributed by atoms with Gasteiger partial charge >= 0.3 is 0 Å². The first-order valence-corrected chi connectivity index (χ1v) is 4.26.